The summed E-state index contributed by atoms with van der Waals surface area (Å²) in [5.41, 5.74) is 0.444. The van der Waals surface area contributed by atoms with Gasteiger partial charge < -0.3 is 19.3 Å². The highest BCUT2D eigenvalue weighted by Crippen LogP contribution is 2.46. The fourth-order valence-corrected chi connectivity index (χ4v) is 4.04. The SMILES string of the molecule is COC(=O)C[C@@]12CC[C@@H](O1)[C@](C)(CCCC(C)C(O)CC=C(C)C)OC2. The van der Waals surface area contributed by atoms with E-state index in [1.165, 1.54) is 12.7 Å². The van der Waals surface area contributed by atoms with Gasteiger partial charge in [-0.1, -0.05) is 25.0 Å². The molecule has 2 aliphatic heterocycles. The van der Waals surface area contributed by atoms with Crippen LogP contribution in [0.1, 0.15) is 72.6 Å². The van der Waals surface area contributed by atoms with E-state index in [-0.39, 0.29) is 36.1 Å². The fraction of sp³-hybridized carbons (Fsp3) is 0.857. The maximum Gasteiger partial charge on any atom is 0.308 e. The Bertz CT molecular complexity index is 513. The van der Waals surface area contributed by atoms with Gasteiger partial charge in [0.25, 0.3) is 0 Å². The van der Waals surface area contributed by atoms with Crippen LogP contribution in [0.4, 0.5) is 0 Å². The number of esters is 1. The van der Waals surface area contributed by atoms with Crippen LogP contribution in [0.15, 0.2) is 11.6 Å². The van der Waals surface area contributed by atoms with Crippen LogP contribution >= 0.6 is 0 Å². The van der Waals surface area contributed by atoms with Crippen LogP contribution in [0.2, 0.25) is 0 Å². The molecule has 0 spiro atoms. The zero-order valence-corrected chi connectivity index (χ0v) is 17.0. The molecule has 2 unspecified atom stereocenters. The van der Waals surface area contributed by atoms with Gasteiger partial charge in [-0.25, -0.2) is 0 Å². The summed E-state index contributed by atoms with van der Waals surface area (Å²) in [4.78, 5) is 11.6. The van der Waals surface area contributed by atoms with Crippen molar-refractivity contribution in [2.24, 2.45) is 5.92 Å². The van der Waals surface area contributed by atoms with E-state index in [9.17, 15) is 9.90 Å². The third-order valence-corrected chi connectivity index (χ3v) is 6.05. The molecule has 0 radical (unpaired) electrons. The van der Waals surface area contributed by atoms with Crippen LogP contribution in [0.5, 0.6) is 0 Å². The number of ether oxygens (including phenoxy) is 3. The zero-order chi connectivity index (χ0) is 19.4. The summed E-state index contributed by atoms with van der Waals surface area (Å²) in [7, 11) is 1.41. The van der Waals surface area contributed by atoms with Gasteiger partial charge >= 0.3 is 5.97 Å². The second-order valence-electron chi connectivity index (χ2n) is 8.64. The molecule has 5 nitrogen and oxygen atoms in total. The van der Waals surface area contributed by atoms with Crippen molar-refractivity contribution in [1.29, 1.82) is 0 Å². The van der Waals surface area contributed by atoms with E-state index in [0.29, 0.717) is 6.61 Å². The summed E-state index contributed by atoms with van der Waals surface area (Å²) in [5.74, 6) is 0.0257. The Labute approximate surface area is 158 Å². The van der Waals surface area contributed by atoms with Gasteiger partial charge in [-0.3, -0.25) is 4.79 Å². The lowest BCUT2D eigenvalue weighted by molar-refractivity contribution is -0.243. The van der Waals surface area contributed by atoms with Gasteiger partial charge in [0.15, 0.2) is 0 Å². The third-order valence-electron chi connectivity index (χ3n) is 6.05. The summed E-state index contributed by atoms with van der Waals surface area (Å²) in [6.07, 6.45) is 7.47. The van der Waals surface area contributed by atoms with Gasteiger partial charge in [0.2, 0.25) is 0 Å². The van der Waals surface area contributed by atoms with Crippen LogP contribution in [-0.2, 0) is 19.0 Å². The minimum Gasteiger partial charge on any atom is -0.469 e. The van der Waals surface area contributed by atoms with Crippen LogP contribution < -0.4 is 0 Å². The Morgan fingerprint density at radius 1 is 1.42 bits per heavy atom. The van der Waals surface area contributed by atoms with Crippen LogP contribution in [0.25, 0.3) is 0 Å². The largest absolute Gasteiger partial charge is 0.469 e. The van der Waals surface area contributed by atoms with Gasteiger partial charge in [-0.05, 0) is 58.8 Å². The molecule has 0 aromatic carbocycles. The number of allylic oxidation sites excluding steroid dienone is 1. The van der Waals surface area contributed by atoms with Gasteiger partial charge in [-0.2, -0.15) is 0 Å². The Hall–Kier alpha value is -0.910. The maximum absolute atomic E-state index is 11.6. The molecule has 0 aromatic rings. The van der Waals surface area contributed by atoms with Crippen molar-refractivity contribution in [1.82, 2.24) is 0 Å². The molecule has 2 aliphatic rings. The number of carbonyl (C=O) groups excluding carboxylic acids is 1. The topological polar surface area (TPSA) is 65.0 Å². The smallest absolute Gasteiger partial charge is 0.308 e. The molecule has 2 bridgehead atoms. The van der Waals surface area contributed by atoms with E-state index in [2.05, 4.69) is 33.8 Å². The molecule has 2 heterocycles. The van der Waals surface area contributed by atoms with E-state index < -0.39 is 5.60 Å². The van der Waals surface area contributed by atoms with E-state index in [1.807, 2.05) is 0 Å². The third kappa shape index (κ3) is 5.30. The van der Waals surface area contributed by atoms with E-state index in [1.54, 1.807) is 0 Å². The van der Waals surface area contributed by atoms with E-state index >= 15 is 0 Å². The lowest BCUT2D eigenvalue weighted by Gasteiger charge is -2.44. The Balaban J connectivity index is 1.80. The minimum absolute atomic E-state index is 0.0341. The average molecular weight is 369 g/mol. The van der Waals surface area contributed by atoms with Crippen LogP contribution in [-0.4, -0.2) is 48.2 Å². The minimum atomic E-state index is -0.495. The molecule has 2 saturated heterocycles. The quantitative estimate of drug-likeness (QED) is 0.496. The van der Waals surface area contributed by atoms with Gasteiger partial charge in [0.1, 0.15) is 5.60 Å². The summed E-state index contributed by atoms with van der Waals surface area (Å²) in [6.45, 7) is 8.80. The van der Waals surface area contributed by atoms with Crippen molar-refractivity contribution in [3.8, 4) is 0 Å². The van der Waals surface area contributed by atoms with Crippen LogP contribution in [0.3, 0.4) is 0 Å². The molecule has 0 saturated carbocycles. The molecule has 0 aromatic heterocycles. The first-order chi connectivity index (χ1) is 12.2. The Morgan fingerprint density at radius 3 is 2.81 bits per heavy atom. The Kier molecular flexibility index (Phi) is 7.28. The number of carbonyl (C=O) groups is 1. The second-order valence-corrected chi connectivity index (χ2v) is 8.64. The first kappa shape index (κ1) is 21.4. The van der Waals surface area contributed by atoms with Crippen molar-refractivity contribution < 1.29 is 24.1 Å². The molecule has 5 heteroatoms. The monoisotopic (exact) mass is 368 g/mol. The van der Waals surface area contributed by atoms with Gasteiger partial charge in [0.05, 0.1) is 37.9 Å². The number of fused-ring (bicyclic) bond motifs is 2. The standard InChI is InChI=1S/C21H36O5/c1-15(2)8-9-17(22)16(3)7-6-11-20(4)18-10-12-21(26-18,14-25-20)13-19(23)24-5/h8,16-18,22H,6-7,9-14H2,1-5H3/t16?,17?,18-,20+,21-/m1/s1. The number of hydrogen-bond acceptors (Lipinski definition) is 5. The number of hydrogen-bond donors (Lipinski definition) is 1. The summed E-state index contributed by atoms with van der Waals surface area (Å²) >= 11 is 0. The number of aliphatic hydroxyl groups excluding tert-OH is 1. The average Bonchev–Trinajstić information content (AvgIpc) is 2.97. The Morgan fingerprint density at radius 2 is 2.15 bits per heavy atom. The first-order valence-corrected chi connectivity index (χ1v) is 9.90. The molecular formula is C21H36O5. The predicted octanol–water partition coefficient (Wildman–Crippen LogP) is 3.78. The molecule has 2 rings (SSSR count). The van der Waals surface area contributed by atoms with Crippen molar-refractivity contribution >= 4 is 5.97 Å². The molecule has 2 fully saturated rings. The van der Waals surface area contributed by atoms with Crippen molar-refractivity contribution in [2.75, 3.05) is 13.7 Å². The zero-order valence-electron chi connectivity index (χ0n) is 17.0. The van der Waals surface area contributed by atoms with Crippen LogP contribution in [0, 0.1) is 5.92 Å². The highest BCUT2D eigenvalue weighted by Gasteiger charge is 2.54. The lowest BCUT2D eigenvalue weighted by Crippen LogP contribution is -2.53. The van der Waals surface area contributed by atoms with Crippen molar-refractivity contribution in [3.05, 3.63) is 11.6 Å². The molecule has 26 heavy (non-hydrogen) atoms. The summed E-state index contributed by atoms with van der Waals surface area (Å²) < 4.78 is 17.3. The fourth-order valence-electron chi connectivity index (χ4n) is 4.04. The van der Waals surface area contributed by atoms with Crippen molar-refractivity contribution in [2.45, 2.75) is 96.1 Å². The number of methoxy groups -OCH3 is 1. The first-order valence-electron chi connectivity index (χ1n) is 9.90. The molecule has 1 N–H and O–H groups in total. The van der Waals surface area contributed by atoms with E-state index in [4.69, 9.17) is 14.2 Å². The summed E-state index contributed by atoms with van der Waals surface area (Å²) in [6, 6.07) is 0. The highest BCUT2D eigenvalue weighted by molar-refractivity contribution is 5.70. The number of aliphatic hydroxyl groups is 1. The normalized spacial score (nSPS) is 32.8. The molecular weight excluding hydrogens is 332 g/mol. The second kappa shape index (κ2) is 8.85. The van der Waals surface area contributed by atoms with E-state index in [0.717, 1.165) is 38.5 Å². The highest BCUT2D eigenvalue weighted by atomic mass is 16.6. The maximum atomic E-state index is 11.6. The summed E-state index contributed by atoms with van der Waals surface area (Å²) in [5, 5.41) is 10.3. The number of rotatable bonds is 9. The van der Waals surface area contributed by atoms with Crippen molar-refractivity contribution in [3.63, 3.8) is 0 Å². The molecule has 0 amide bonds. The molecule has 0 aliphatic carbocycles. The predicted molar refractivity (Wildman–Crippen MR) is 101 cm³/mol. The van der Waals surface area contributed by atoms with Gasteiger partial charge in [0, 0.05) is 0 Å². The van der Waals surface area contributed by atoms with Gasteiger partial charge in [-0.15, -0.1) is 0 Å². The molecule has 5 atom stereocenters. The molecule has 150 valence electrons. The lowest BCUT2D eigenvalue weighted by atomic mass is 9.87.